The molecule has 0 amide bonds. The van der Waals surface area contributed by atoms with Crippen molar-refractivity contribution in [1.29, 1.82) is 0 Å². The van der Waals surface area contributed by atoms with E-state index in [2.05, 4.69) is 12.2 Å². The van der Waals surface area contributed by atoms with Crippen LogP contribution in [0.4, 0.5) is 0 Å². The van der Waals surface area contributed by atoms with Crippen molar-refractivity contribution in [3.05, 3.63) is 65.3 Å². The second-order valence-electron chi connectivity index (χ2n) is 6.36. The highest BCUT2D eigenvalue weighted by molar-refractivity contribution is 6.33. The molecule has 2 aromatic carbocycles. The zero-order valence-corrected chi connectivity index (χ0v) is 16.5. The molecule has 3 rings (SSSR count). The lowest BCUT2D eigenvalue weighted by atomic mass is 10.1. The van der Waals surface area contributed by atoms with E-state index in [9.17, 15) is 0 Å². The summed E-state index contributed by atoms with van der Waals surface area (Å²) in [6.45, 7) is 3.40. The number of halogens is 1. The van der Waals surface area contributed by atoms with E-state index in [-0.39, 0.29) is 6.04 Å². The van der Waals surface area contributed by atoms with Gasteiger partial charge in [0, 0.05) is 37.0 Å². The largest absolute Gasteiger partial charge is 0.497 e. The average molecular weight is 386 g/mol. The number of aromatic nitrogens is 2. The summed E-state index contributed by atoms with van der Waals surface area (Å²) in [5, 5.41) is 8.97. The third-order valence-corrected chi connectivity index (χ3v) is 4.64. The standard InChI is InChI=1S/C21H24ClN3O2/c1-15(14-26-2)23-12-16-13-25(17-8-10-18(27-3)11-9-17)24-21(16)19-6-4-5-7-20(19)22/h4-11,13,15,23H,12,14H2,1-3H3/t15-/m0/s1. The Morgan fingerprint density at radius 1 is 1.11 bits per heavy atom. The van der Waals surface area contributed by atoms with Gasteiger partial charge >= 0.3 is 0 Å². The van der Waals surface area contributed by atoms with E-state index in [0.29, 0.717) is 18.2 Å². The maximum Gasteiger partial charge on any atom is 0.119 e. The summed E-state index contributed by atoms with van der Waals surface area (Å²) < 4.78 is 12.3. The number of methoxy groups -OCH3 is 2. The van der Waals surface area contributed by atoms with E-state index in [0.717, 1.165) is 28.3 Å². The van der Waals surface area contributed by atoms with Crippen LogP contribution < -0.4 is 10.1 Å². The van der Waals surface area contributed by atoms with Crippen molar-refractivity contribution in [3.63, 3.8) is 0 Å². The summed E-state index contributed by atoms with van der Waals surface area (Å²) in [5.41, 5.74) is 3.82. The van der Waals surface area contributed by atoms with Crippen molar-refractivity contribution >= 4 is 11.6 Å². The number of hydrogen-bond acceptors (Lipinski definition) is 4. The van der Waals surface area contributed by atoms with Gasteiger partial charge in [-0.2, -0.15) is 5.10 Å². The Kier molecular flexibility index (Phi) is 6.50. The van der Waals surface area contributed by atoms with Crippen LogP contribution in [0.15, 0.2) is 54.7 Å². The molecule has 0 radical (unpaired) electrons. The quantitative estimate of drug-likeness (QED) is 0.627. The first-order valence-electron chi connectivity index (χ1n) is 8.82. The summed E-state index contributed by atoms with van der Waals surface area (Å²) in [7, 11) is 3.36. The highest BCUT2D eigenvalue weighted by Gasteiger charge is 2.15. The van der Waals surface area contributed by atoms with Crippen LogP contribution in [0.1, 0.15) is 12.5 Å². The lowest BCUT2D eigenvalue weighted by Gasteiger charge is -2.12. The molecule has 0 saturated heterocycles. The molecular weight excluding hydrogens is 362 g/mol. The Labute approximate surface area is 164 Å². The van der Waals surface area contributed by atoms with Gasteiger partial charge in [-0.05, 0) is 37.3 Å². The fourth-order valence-electron chi connectivity index (χ4n) is 2.88. The maximum atomic E-state index is 6.43. The minimum atomic E-state index is 0.235. The van der Waals surface area contributed by atoms with Crippen LogP contribution in [0, 0.1) is 0 Å². The molecule has 0 aliphatic carbocycles. The Morgan fingerprint density at radius 3 is 2.52 bits per heavy atom. The topological polar surface area (TPSA) is 48.3 Å². The van der Waals surface area contributed by atoms with Crippen LogP contribution in [-0.2, 0) is 11.3 Å². The van der Waals surface area contributed by atoms with Crippen LogP contribution in [-0.4, -0.2) is 36.6 Å². The van der Waals surface area contributed by atoms with Crippen molar-refractivity contribution < 1.29 is 9.47 Å². The highest BCUT2D eigenvalue weighted by atomic mass is 35.5. The summed E-state index contributed by atoms with van der Waals surface area (Å²) in [5.74, 6) is 0.813. The highest BCUT2D eigenvalue weighted by Crippen LogP contribution is 2.30. The van der Waals surface area contributed by atoms with Crippen molar-refractivity contribution in [2.24, 2.45) is 0 Å². The number of nitrogens with zero attached hydrogens (tertiary/aromatic N) is 2. The predicted octanol–water partition coefficient (Wildman–Crippen LogP) is 4.33. The first-order chi connectivity index (χ1) is 13.1. The Bertz CT molecular complexity index is 877. The number of ether oxygens (including phenoxy) is 2. The van der Waals surface area contributed by atoms with Crippen LogP contribution in [0.25, 0.3) is 16.9 Å². The lowest BCUT2D eigenvalue weighted by Crippen LogP contribution is -2.29. The van der Waals surface area contributed by atoms with Gasteiger partial charge in [-0.15, -0.1) is 0 Å². The lowest BCUT2D eigenvalue weighted by molar-refractivity contribution is 0.171. The average Bonchev–Trinajstić information content (AvgIpc) is 3.11. The zero-order valence-electron chi connectivity index (χ0n) is 15.8. The van der Waals surface area contributed by atoms with E-state index in [4.69, 9.17) is 26.2 Å². The number of benzene rings is 2. The second-order valence-corrected chi connectivity index (χ2v) is 6.77. The van der Waals surface area contributed by atoms with Gasteiger partial charge in [-0.25, -0.2) is 4.68 Å². The van der Waals surface area contributed by atoms with E-state index < -0.39 is 0 Å². The third-order valence-electron chi connectivity index (χ3n) is 4.31. The predicted molar refractivity (Wildman–Crippen MR) is 109 cm³/mol. The molecule has 1 aromatic heterocycles. The minimum Gasteiger partial charge on any atom is -0.497 e. The molecule has 0 fully saturated rings. The zero-order chi connectivity index (χ0) is 19.2. The number of hydrogen-bond donors (Lipinski definition) is 1. The molecule has 1 heterocycles. The molecule has 0 unspecified atom stereocenters. The van der Waals surface area contributed by atoms with Crippen LogP contribution in [0.2, 0.25) is 5.02 Å². The smallest absolute Gasteiger partial charge is 0.119 e. The number of rotatable bonds is 8. The molecule has 3 aromatic rings. The van der Waals surface area contributed by atoms with E-state index in [1.165, 1.54) is 0 Å². The summed E-state index contributed by atoms with van der Waals surface area (Å²) >= 11 is 6.43. The van der Waals surface area contributed by atoms with E-state index in [1.54, 1.807) is 14.2 Å². The maximum absolute atomic E-state index is 6.43. The Balaban J connectivity index is 1.96. The molecule has 0 bridgehead atoms. The molecule has 0 aliphatic rings. The van der Waals surface area contributed by atoms with Gasteiger partial charge in [-0.1, -0.05) is 29.8 Å². The van der Waals surface area contributed by atoms with Crippen molar-refractivity contribution in [1.82, 2.24) is 15.1 Å². The van der Waals surface area contributed by atoms with Crippen LogP contribution in [0.5, 0.6) is 5.75 Å². The molecule has 0 aliphatic heterocycles. The first kappa shape index (κ1) is 19.4. The second kappa shape index (κ2) is 9.04. The first-order valence-corrected chi connectivity index (χ1v) is 9.20. The molecule has 0 spiro atoms. The monoisotopic (exact) mass is 385 g/mol. The molecule has 5 nitrogen and oxygen atoms in total. The van der Waals surface area contributed by atoms with Gasteiger partial charge in [0.15, 0.2) is 0 Å². The van der Waals surface area contributed by atoms with E-state index in [1.807, 2.05) is 59.4 Å². The van der Waals surface area contributed by atoms with E-state index >= 15 is 0 Å². The normalized spacial score (nSPS) is 12.1. The Hall–Kier alpha value is -2.34. The third kappa shape index (κ3) is 4.69. The molecule has 27 heavy (non-hydrogen) atoms. The van der Waals surface area contributed by atoms with Gasteiger partial charge in [0.2, 0.25) is 0 Å². The van der Waals surface area contributed by atoms with Gasteiger partial charge < -0.3 is 14.8 Å². The molecule has 1 N–H and O–H groups in total. The molecule has 0 saturated carbocycles. The molecular formula is C21H24ClN3O2. The molecule has 142 valence electrons. The van der Waals surface area contributed by atoms with Crippen LogP contribution >= 0.6 is 11.6 Å². The number of nitrogens with one attached hydrogen (secondary N) is 1. The van der Waals surface area contributed by atoms with Gasteiger partial charge in [0.1, 0.15) is 5.75 Å². The molecule has 6 heteroatoms. The van der Waals surface area contributed by atoms with Crippen molar-refractivity contribution in [3.8, 4) is 22.7 Å². The minimum absolute atomic E-state index is 0.235. The SMILES string of the molecule is COC[C@H](C)NCc1cn(-c2ccc(OC)cc2)nc1-c1ccccc1Cl. The van der Waals surface area contributed by atoms with Crippen LogP contribution in [0.3, 0.4) is 0 Å². The van der Waals surface area contributed by atoms with Crippen molar-refractivity contribution in [2.45, 2.75) is 19.5 Å². The Morgan fingerprint density at radius 2 is 1.85 bits per heavy atom. The summed E-state index contributed by atoms with van der Waals surface area (Å²) in [4.78, 5) is 0. The van der Waals surface area contributed by atoms with Gasteiger partial charge in [0.25, 0.3) is 0 Å². The summed E-state index contributed by atoms with van der Waals surface area (Å²) in [6, 6.07) is 15.8. The van der Waals surface area contributed by atoms with Gasteiger partial charge in [-0.3, -0.25) is 0 Å². The van der Waals surface area contributed by atoms with Crippen molar-refractivity contribution in [2.75, 3.05) is 20.8 Å². The fraction of sp³-hybridized carbons (Fsp3) is 0.286. The molecule has 1 atom stereocenters. The fourth-order valence-corrected chi connectivity index (χ4v) is 3.10. The van der Waals surface area contributed by atoms with Gasteiger partial charge in [0.05, 0.1) is 30.1 Å². The summed E-state index contributed by atoms with van der Waals surface area (Å²) in [6.07, 6.45) is 2.03.